The Morgan fingerprint density at radius 2 is 2.53 bits per heavy atom. The molecule has 2 aromatic heterocycles. The monoisotopic (exact) mass is 221 g/mol. The predicted molar refractivity (Wildman–Crippen MR) is 62.1 cm³/mol. The van der Waals surface area contributed by atoms with Crippen LogP contribution in [0, 0.1) is 5.92 Å². The number of thiazole rings is 1. The lowest BCUT2D eigenvalue weighted by Gasteiger charge is -2.17. The van der Waals surface area contributed by atoms with E-state index in [0.717, 1.165) is 16.6 Å². The summed E-state index contributed by atoms with van der Waals surface area (Å²) in [5.41, 5.74) is 8.07. The van der Waals surface area contributed by atoms with Crippen molar-refractivity contribution in [3.05, 3.63) is 22.5 Å². The van der Waals surface area contributed by atoms with Crippen molar-refractivity contribution < 1.29 is 0 Å². The highest BCUT2D eigenvalue weighted by Crippen LogP contribution is 2.32. The SMILES string of the molecule is CC1CCc2c(sc3nc(CN)cn23)C1. The molecule has 2 aromatic rings. The second-order valence-corrected chi connectivity index (χ2v) is 5.47. The van der Waals surface area contributed by atoms with Crippen LogP contribution in [0.25, 0.3) is 4.96 Å². The molecule has 0 fully saturated rings. The first-order valence-electron chi connectivity index (χ1n) is 5.46. The van der Waals surface area contributed by atoms with Crippen LogP contribution < -0.4 is 5.73 Å². The highest BCUT2D eigenvalue weighted by molar-refractivity contribution is 7.17. The maximum atomic E-state index is 5.60. The first kappa shape index (κ1) is 9.36. The van der Waals surface area contributed by atoms with Gasteiger partial charge in [-0.2, -0.15) is 0 Å². The number of rotatable bonds is 1. The molecule has 1 atom stereocenters. The number of nitrogens with two attached hydrogens (primary N) is 1. The molecule has 3 rings (SSSR count). The molecule has 15 heavy (non-hydrogen) atoms. The summed E-state index contributed by atoms with van der Waals surface area (Å²) in [6, 6.07) is 0. The van der Waals surface area contributed by atoms with Gasteiger partial charge in [0.25, 0.3) is 0 Å². The zero-order chi connectivity index (χ0) is 10.4. The first-order valence-corrected chi connectivity index (χ1v) is 6.28. The van der Waals surface area contributed by atoms with Crippen molar-refractivity contribution in [1.29, 1.82) is 0 Å². The zero-order valence-corrected chi connectivity index (χ0v) is 9.68. The first-order chi connectivity index (χ1) is 7.28. The normalized spacial score (nSPS) is 20.8. The third kappa shape index (κ3) is 1.40. The van der Waals surface area contributed by atoms with Crippen molar-refractivity contribution in [3.8, 4) is 0 Å². The van der Waals surface area contributed by atoms with Gasteiger partial charge < -0.3 is 5.73 Å². The summed E-state index contributed by atoms with van der Waals surface area (Å²) in [5, 5.41) is 0. The molecule has 3 nitrogen and oxygen atoms in total. The second-order valence-electron chi connectivity index (χ2n) is 4.41. The second kappa shape index (κ2) is 3.32. The van der Waals surface area contributed by atoms with Gasteiger partial charge in [-0.1, -0.05) is 6.92 Å². The van der Waals surface area contributed by atoms with Crippen molar-refractivity contribution in [2.24, 2.45) is 11.7 Å². The Bertz CT molecular complexity index is 497. The molecule has 0 saturated carbocycles. The molecule has 80 valence electrons. The fourth-order valence-corrected chi connectivity index (χ4v) is 3.63. The lowest BCUT2D eigenvalue weighted by Crippen LogP contribution is -2.10. The summed E-state index contributed by atoms with van der Waals surface area (Å²) >= 11 is 1.84. The quantitative estimate of drug-likeness (QED) is 0.800. The Morgan fingerprint density at radius 3 is 3.33 bits per heavy atom. The minimum absolute atomic E-state index is 0.541. The van der Waals surface area contributed by atoms with Gasteiger partial charge in [-0.25, -0.2) is 4.98 Å². The average Bonchev–Trinajstić information content (AvgIpc) is 2.73. The molecule has 0 radical (unpaired) electrons. The van der Waals surface area contributed by atoms with Gasteiger partial charge >= 0.3 is 0 Å². The Hall–Kier alpha value is -0.870. The summed E-state index contributed by atoms with van der Waals surface area (Å²) in [7, 11) is 0. The third-order valence-electron chi connectivity index (χ3n) is 3.17. The van der Waals surface area contributed by atoms with Crippen LogP contribution in [0.2, 0.25) is 0 Å². The van der Waals surface area contributed by atoms with Crippen molar-refractivity contribution in [3.63, 3.8) is 0 Å². The van der Waals surface area contributed by atoms with Gasteiger partial charge in [0.2, 0.25) is 0 Å². The molecular formula is C11H15N3S. The predicted octanol–water partition coefficient (Wildman–Crippen LogP) is 1.98. The number of imidazole rings is 1. The summed E-state index contributed by atoms with van der Waals surface area (Å²) in [4.78, 5) is 7.17. The third-order valence-corrected chi connectivity index (χ3v) is 4.29. The van der Waals surface area contributed by atoms with Crippen LogP contribution in [0.3, 0.4) is 0 Å². The van der Waals surface area contributed by atoms with E-state index in [9.17, 15) is 0 Å². The topological polar surface area (TPSA) is 43.3 Å². The van der Waals surface area contributed by atoms with Gasteiger partial charge in [0, 0.05) is 23.3 Å². The molecular weight excluding hydrogens is 206 g/mol. The summed E-state index contributed by atoms with van der Waals surface area (Å²) in [6.07, 6.45) is 5.81. The van der Waals surface area contributed by atoms with Gasteiger partial charge in [-0.3, -0.25) is 4.40 Å². The maximum Gasteiger partial charge on any atom is 0.194 e. The number of hydrogen-bond acceptors (Lipinski definition) is 3. The van der Waals surface area contributed by atoms with Crippen LogP contribution in [-0.2, 0) is 19.4 Å². The summed E-state index contributed by atoms with van der Waals surface area (Å²) < 4.78 is 2.24. The van der Waals surface area contributed by atoms with Crippen LogP contribution in [-0.4, -0.2) is 9.38 Å². The van der Waals surface area contributed by atoms with E-state index in [1.165, 1.54) is 29.8 Å². The highest BCUT2D eigenvalue weighted by atomic mass is 32.1. The van der Waals surface area contributed by atoms with E-state index in [1.807, 2.05) is 11.3 Å². The van der Waals surface area contributed by atoms with E-state index >= 15 is 0 Å². The Balaban J connectivity index is 2.14. The molecule has 0 saturated heterocycles. The van der Waals surface area contributed by atoms with Crippen LogP contribution in [0.15, 0.2) is 6.20 Å². The standard InChI is InChI=1S/C11H15N3S/c1-7-2-3-9-10(4-7)15-11-13-8(5-12)6-14(9)11/h6-7H,2-5,12H2,1H3. The van der Waals surface area contributed by atoms with E-state index in [-0.39, 0.29) is 0 Å². The highest BCUT2D eigenvalue weighted by Gasteiger charge is 2.21. The van der Waals surface area contributed by atoms with Crippen LogP contribution in [0.1, 0.15) is 29.6 Å². The van der Waals surface area contributed by atoms with Crippen molar-refractivity contribution in [2.45, 2.75) is 32.7 Å². The molecule has 2 N–H and O–H groups in total. The lowest BCUT2D eigenvalue weighted by atomic mass is 9.93. The van der Waals surface area contributed by atoms with Crippen molar-refractivity contribution in [2.75, 3.05) is 0 Å². The average molecular weight is 221 g/mol. The molecule has 0 aliphatic heterocycles. The molecule has 2 heterocycles. The van der Waals surface area contributed by atoms with Crippen LogP contribution >= 0.6 is 11.3 Å². The molecule has 0 aromatic carbocycles. The Morgan fingerprint density at radius 1 is 1.67 bits per heavy atom. The molecule has 1 unspecified atom stereocenters. The maximum absolute atomic E-state index is 5.60. The van der Waals surface area contributed by atoms with E-state index in [2.05, 4.69) is 22.5 Å². The minimum atomic E-state index is 0.541. The van der Waals surface area contributed by atoms with E-state index in [0.29, 0.717) is 6.54 Å². The molecule has 1 aliphatic carbocycles. The zero-order valence-electron chi connectivity index (χ0n) is 8.86. The largest absolute Gasteiger partial charge is 0.325 e. The van der Waals surface area contributed by atoms with E-state index < -0.39 is 0 Å². The van der Waals surface area contributed by atoms with E-state index in [4.69, 9.17) is 5.73 Å². The minimum Gasteiger partial charge on any atom is -0.325 e. The van der Waals surface area contributed by atoms with Gasteiger partial charge in [0.15, 0.2) is 4.96 Å². The lowest BCUT2D eigenvalue weighted by molar-refractivity contribution is 0.499. The van der Waals surface area contributed by atoms with Gasteiger partial charge in [-0.05, 0) is 25.2 Å². The molecule has 0 spiro atoms. The van der Waals surface area contributed by atoms with Gasteiger partial charge in [-0.15, -0.1) is 11.3 Å². The number of fused-ring (bicyclic) bond motifs is 3. The number of hydrogen-bond donors (Lipinski definition) is 1. The van der Waals surface area contributed by atoms with Crippen molar-refractivity contribution in [1.82, 2.24) is 9.38 Å². The smallest absolute Gasteiger partial charge is 0.194 e. The molecule has 0 amide bonds. The Labute approximate surface area is 92.9 Å². The Kier molecular flexibility index (Phi) is 2.07. The fraction of sp³-hybridized carbons (Fsp3) is 0.545. The molecule has 1 aliphatic rings. The van der Waals surface area contributed by atoms with Gasteiger partial charge in [0.05, 0.1) is 5.69 Å². The van der Waals surface area contributed by atoms with Crippen LogP contribution in [0.4, 0.5) is 0 Å². The molecule has 0 bridgehead atoms. The molecule has 4 heteroatoms. The van der Waals surface area contributed by atoms with E-state index in [1.54, 1.807) is 0 Å². The number of nitrogens with zero attached hydrogens (tertiary/aromatic N) is 2. The fourth-order valence-electron chi connectivity index (χ4n) is 2.30. The summed E-state index contributed by atoms with van der Waals surface area (Å²) in [6.45, 7) is 2.87. The summed E-state index contributed by atoms with van der Waals surface area (Å²) in [5.74, 6) is 0.829. The number of aryl methyl sites for hydroxylation is 1. The van der Waals surface area contributed by atoms with Crippen molar-refractivity contribution >= 4 is 16.3 Å². The van der Waals surface area contributed by atoms with Crippen LogP contribution in [0.5, 0.6) is 0 Å². The number of aromatic nitrogens is 2. The van der Waals surface area contributed by atoms with Gasteiger partial charge in [0.1, 0.15) is 0 Å².